The molecule has 0 fully saturated rings. The fourth-order valence-corrected chi connectivity index (χ4v) is 1.30. The molecule has 1 aromatic carbocycles. The standard InChI is InChI=1S/C15H18/c1-4-8-14(12-11-13(2)3)15-9-6-5-7-10-15/h4-13H,1H2,2-3H3/b12-11-,14-8+. The lowest BCUT2D eigenvalue weighted by Crippen LogP contribution is -1.82. The quantitative estimate of drug-likeness (QED) is 0.626. The third-order valence-corrected chi connectivity index (χ3v) is 2.07. The van der Waals surface area contributed by atoms with E-state index in [1.54, 1.807) is 0 Å². The first-order valence-corrected chi connectivity index (χ1v) is 5.30. The maximum atomic E-state index is 3.74. The molecule has 0 aliphatic heterocycles. The molecule has 0 aromatic heterocycles. The molecule has 0 aliphatic carbocycles. The number of benzene rings is 1. The first kappa shape index (κ1) is 11.5. The maximum absolute atomic E-state index is 3.74. The Morgan fingerprint density at radius 2 is 1.87 bits per heavy atom. The first-order valence-electron chi connectivity index (χ1n) is 5.30. The molecule has 0 nitrogen and oxygen atoms in total. The van der Waals surface area contributed by atoms with Gasteiger partial charge in [-0.3, -0.25) is 0 Å². The van der Waals surface area contributed by atoms with Gasteiger partial charge in [-0.1, -0.05) is 75.1 Å². The molecule has 15 heavy (non-hydrogen) atoms. The summed E-state index contributed by atoms with van der Waals surface area (Å²) in [5.41, 5.74) is 2.44. The third-order valence-electron chi connectivity index (χ3n) is 2.07. The van der Waals surface area contributed by atoms with Crippen molar-refractivity contribution in [3.63, 3.8) is 0 Å². The van der Waals surface area contributed by atoms with Crippen LogP contribution in [0.25, 0.3) is 5.57 Å². The van der Waals surface area contributed by atoms with E-state index in [0.717, 1.165) is 0 Å². The summed E-state index contributed by atoms with van der Waals surface area (Å²) in [4.78, 5) is 0. The molecular weight excluding hydrogens is 180 g/mol. The summed E-state index contributed by atoms with van der Waals surface area (Å²) >= 11 is 0. The Balaban J connectivity index is 2.95. The molecule has 0 N–H and O–H groups in total. The zero-order valence-corrected chi connectivity index (χ0v) is 9.48. The maximum Gasteiger partial charge on any atom is -0.0184 e. The SMILES string of the molecule is C=C/C=C(\C=C/C(C)C)c1ccccc1. The number of hydrogen-bond donors (Lipinski definition) is 0. The van der Waals surface area contributed by atoms with Crippen molar-refractivity contribution in [3.8, 4) is 0 Å². The van der Waals surface area contributed by atoms with Crippen LogP contribution in [-0.4, -0.2) is 0 Å². The predicted molar refractivity (Wildman–Crippen MR) is 68.6 cm³/mol. The summed E-state index contributed by atoms with van der Waals surface area (Å²) < 4.78 is 0. The Labute approximate surface area is 92.6 Å². The highest BCUT2D eigenvalue weighted by atomic mass is 14.0. The molecule has 0 heteroatoms. The zero-order valence-electron chi connectivity index (χ0n) is 9.48. The van der Waals surface area contributed by atoms with E-state index in [9.17, 15) is 0 Å². The van der Waals surface area contributed by atoms with Gasteiger partial charge in [0.2, 0.25) is 0 Å². The van der Waals surface area contributed by atoms with E-state index in [0.29, 0.717) is 5.92 Å². The van der Waals surface area contributed by atoms with E-state index in [1.165, 1.54) is 11.1 Å². The normalized spacial score (nSPS) is 12.3. The van der Waals surface area contributed by atoms with E-state index in [1.807, 2.05) is 18.2 Å². The highest BCUT2D eigenvalue weighted by Gasteiger charge is 1.95. The predicted octanol–water partition coefficient (Wildman–Crippen LogP) is 4.47. The topological polar surface area (TPSA) is 0 Å². The number of hydrogen-bond acceptors (Lipinski definition) is 0. The average Bonchev–Trinajstić information content (AvgIpc) is 2.25. The summed E-state index contributed by atoms with van der Waals surface area (Å²) in [5, 5.41) is 0. The van der Waals surface area contributed by atoms with Crippen LogP contribution in [-0.2, 0) is 0 Å². The van der Waals surface area contributed by atoms with Crippen LogP contribution >= 0.6 is 0 Å². The Hall–Kier alpha value is -1.56. The van der Waals surface area contributed by atoms with Crippen molar-refractivity contribution in [2.45, 2.75) is 13.8 Å². The molecular formula is C15H18. The molecule has 0 atom stereocenters. The van der Waals surface area contributed by atoms with Crippen LogP contribution in [0.5, 0.6) is 0 Å². The van der Waals surface area contributed by atoms with Gasteiger partial charge in [0.15, 0.2) is 0 Å². The van der Waals surface area contributed by atoms with Crippen LogP contribution in [0.15, 0.2) is 61.2 Å². The second-order valence-corrected chi connectivity index (χ2v) is 3.83. The van der Waals surface area contributed by atoms with E-state index >= 15 is 0 Å². The summed E-state index contributed by atoms with van der Waals surface area (Å²) in [6.07, 6.45) is 8.21. The molecule has 1 rings (SSSR count). The minimum Gasteiger partial charge on any atom is -0.0990 e. The Morgan fingerprint density at radius 1 is 1.20 bits per heavy atom. The molecule has 0 heterocycles. The van der Waals surface area contributed by atoms with Gasteiger partial charge >= 0.3 is 0 Å². The van der Waals surface area contributed by atoms with Crippen molar-refractivity contribution in [3.05, 3.63) is 66.8 Å². The van der Waals surface area contributed by atoms with Gasteiger partial charge in [-0.25, -0.2) is 0 Å². The first-order chi connectivity index (χ1) is 7.24. The average molecular weight is 198 g/mol. The third kappa shape index (κ3) is 3.99. The van der Waals surface area contributed by atoms with Crippen molar-refractivity contribution in [2.24, 2.45) is 5.92 Å². The summed E-state index contributed by atoms with van der Waals surface area (Å²) in [6, 6.07) is 10.4. The Bertz CT molecular complexity index is 353. The molecule has 1 aromatic rings. The molecule has 0 bridgehead atoms. The molecule has 0 amide bonds. The molecule has 78 valence electrons. The van der Waals surface area contributed by atoms with E-state index < -0.39 is 0 Å². The van der Waals surface area contributed by atoms with Crippen LogP contribution in [0.4, 0.5) is 0 Å². The lowest BCUT2D eigenvalue weighted by atomic mass is 10.0. The highest BCUT2D eigenvalue weighted by Crippen LogP contribution is 2.16. The van der Waals surface area contributed by atoms with Gasteiger partial charge in [0, 0.05) is 0 Å². The molecule has 0 saturated carbocycles. The lowest BCUT2D eigenvalue weighted by Gasteiger charge is -2.02. The molecule has 0 spiro atoms. The zero-order chi connectivity index (χ0) is 11.1. The smallest absolute Gasteiger partial charge is 0.0184 e. The highest BCUT2D eigenvalue weighted by molar-refractivity contribution is 5.74. The van der Waals surface area contributed by atoms with Crippen molar-refractivity contribution in [1.29, 1.82) is 0 Å². The second-order valence-electron chi connectivity index (χ2n) is 3.83. The summed E-state index contributed by atoms with van der Waals surface area (Å²) in [5.74, 6) is 0.571. The summed E-state index contributed by atoms with van der Waals surface area (Å²) in [6.45, 7) is 8.09. The van der Waals surface area contributed by atoms with Gasteiger partial charge in [-0.05, 0) is 17.1 Å². The fraction of sp³-hybridized carbons (Fsp3) is 0.200. The van der Waals surface area contributed by atoms with Gasteiger partial charge in [-0.15, -0.1) is 0 Å². The molecule has 0 radical (unpaired) electrons. The van der Waals surface area contributed by atoms with Crippen LogP contribution in [0.2, 0.25) is 0 Å². The minimum absolute atomic E-state index is 0.571. The van der Waals surface area contributed by atoms with Gasteiger partial charge in [-0.2, -0.15) is 0 Å². The monoisotopic (exact) mass is 198 g/mol. The number of allylic oxidation sites excluding steroid dienone is 5. The van der Waals surface area contributed by atoms with Crippen molar-refractivity contribution < 1.29 is 0 Å². The van der Waals surface area contributed by atoms with E-state index in [-0.39, 0.29) is 0 Å². The van der Waals surface area contributed by atoms with Crippen molar-refractivity contribution in [1.82, 2.24) is 0 Å². The van der Waals surface area contributed by atoms with Gasteiger partial charge in [0.05, 0.1) is 0 Å². The molecule has 0 unspecified atom stereocenters. The Morgan fingerprint density at radius 3 is 2.40 bits per heavy atom. The van der Waals surface area contributed by atoms with Gasteiger partial charge in [0.25, 0.3) is 0 Å². The fourth-order valence-electron chi connectivity index (χ4n) is 1.30. The van der Waals surface area contributed by atoms with Crippen LogP contribution in [0.1, 0.15) is 19.4 Å². The van der Waals surface area contributed by atoms with Crippen molar-refractivity contribution in [2.75, 3.05) is 0 Å². The molecule has 0 saturated heterocycles. The van der Waals surface area contributed by atoms with Crippen LogP contribution < -0.4 is 0 Å². The van der Waals surface area contributed by atoms with E-state index in [2.05, 4.69) is 56.8 Å². The number of rotatable bonds is 4. The van der Waals surface area contributed by atoms with Crippen LogP contribution in [0.3, 0.4) is 0 Å². The lowest BCUT2D eigenvalue weighted by molar-refractivity contribution is 0.832. The Kier molecular flexibility index (Phi) is 4.62. The van der Waals surface area contributed by atoms with Crippen molar-refractivity contribution >= 4 is 5.57 Å². The molecule has 0 aliphatic rings. The second kappa shape index (κ2) is 6.02. The largest absolute Gasteiger partial charge is 0.0990 e. The van der Waals surface area contributed by atoms with Gasteiger partial charge < -0.3 is 0 Å². The minimum atomic E-state index is 0.571. The summed E-state index contributed by atoms with van der Waals surface area (Å²) in [7, 11) is 0. The van der Waals surface area contributed by atoms with Gasteiger partial charge in [0.1, 0.15) is 0 Å². The van der Waals surface area contributed by atoms with Crippen LogP contribution in [0, 0.1) is 5.92 Å². The van der Waals surface area contributed by atoms with E-state index in [4.69, 9.17) is 0 Å².